The van der Waals surface area contributed by atoms with Crippen LogP contribution in [0.3, 0.4) is 0 Å². The zero-order chi connectivity index (χ0) is 17.9. The average Bonchev–Trinajstić information content (AvgIpc) is 2.84. The van der Waals surface area contributed by atoms with Gasteiger partial charge in [-0.1, -0.05) is 12.1 Å². The predicted octanol–water partition coefficient (Wildman–Crippen LogP) is 1.98. The van der Waals surface area contributed by atoms with Gasteiger partial charge in [-0.3, -0.25) is 9.36 Å². The lowest BCUT2D eigenvalue weighted by Gasteiger charge is -2.05. The number of benzene rings is 1. The van der Waals surface area contributed by atoms with Crippen molar-refractivity contribution in [3.8, 4) is 12.1 Å². The first kappa shape index (κ1) is 17.5. The van der Waals surface area contributed by atoms with E-state index in [0.29, 0.717) is 5.56 Å². The van der Waals surface area contributed by atoms with Crippen LogP contribution in [0.2, 0.25) is 0 Å². The van der Waals surface area contributed by atoms with Crippen molar-refractivity contribution < 1.29 is 13.2 Å². The highest BCUT2D eigenvalue weighted by molar-refractivity contribution is 7.07. The summed E-state index contributed by atoms with van der Waals surface area (Å²) in [4.78, 5) is 12.3. The van der Waals surface area contributed by atoms with Crippen LogP contribution in [-0.2, 0) is 12.7 Å². The summed E-state index contributed by atoms with van der Waals surface area (Å²) in [6.45, 7) is 1.98. The van der Waals surface area contributed by atoms with Crippen LogP contribution in [0, 0.1) is 22.7 Å². The van der Waals surface area contributed by atoms with Gasteiger partial charge in [0.25, 0.3) is 5.56 Å². The third-order valence-electron chi connectivity index (χ3n) is 3.20. The third kappa shape index (κ3) is 3.39. The minimum atomic E-state index is -4.42. The van der Waals surface area contributed by atoms with E-state index in [1.807, 2.05) is 0 Å². The van der Waals surface area contributed by atoms with E-state index in [2.05, 4.69) is 0 Å². The first-order valence-corrected chi connectivity index (χ1v) is 7.56. The molecule has 0 saturated heterocycles. The van der Waals surface area contributed by atoms with Crippen LogP contribution in [0.1, 0.15) is 18.1 Å². The fraction of sp³-hybridized carbons (Fsp3) is 0.188. The molecule has 122 valence electrons. The highest BCUT2D eigenvalue weighted by atomic mass is 32.1. The molecular weight excluding hydrogens is 339 g/mol. The van der Waals surface area contributed by atoms with Crippen LogP contribution in [0.15, 0.2) is 29.1 Å². The van der Waals surface area contributed by atoms with E-state index in [-0.39, 0.29) is 26.9 Å². The summed E-state index contributed by atoms with van der Waals surface area (Å²) in [5, 5.41) is 17.9. The summed E-state index contributed by atoms with van der Waals surface area (Å²) in [7, 11) is 0. The van der Waals surface area contributed by atoms with Crippen molar-refractivity contribution in [1.29, 1.82) is 10.5 Å². The van der Waals surface area contributed by atoms with E-state index >= 15 is 0 Å². The Morgan fingerprint density at radius 3 is 2.29 bits per heavy atom. The molecule has 0 aliphatic heterocycles. The molecule has 1 heterocycles. The standard InChI is InChI=1S/C16H10F3N3OS/c1-2-22-14(23)13(24-15(22)11(8-20)9-21)7-10-3-5-12(6-4-10)16(17,18)19/h3-7H,2H2,1H3/b13-7+. The molecule has 0 spiro atoms. The molecule has 0 bridgehead atoms. The van der Waals surface area contributed by atoms with Crippen LogP contribution in [-0.4, -0.2) is 4.57 Å². The van der Waals surface area contributed by atoms with Crippen molar-refractivity contribution >= 4 is 23.0 Å². The molecule has 0 aliphatic rings. The molecule has 8 heteroatoms. The minimum absolute atomic E-state index is 0.175. The maximum absolute atomic E-state index is 12.6. The smallest absolute Gasteiger partial charge is 0.298 e. The quantitative estimate of drug-likeness (QED) is 0.832. The van der Waals surface area contributed by atoms with Crippen LogP contribution in [0.25, 0.3) is 11.6 Å². The van der Waals surface area contributed by atoms with Crippen molar-refractivity contribution in [2.75, 3.05) is 0 Å². The molecule has 1 aromatic heterocycles. The van der Waals surface area contributed by atoms with Gasteiger partial charge in [-0.15, -0.1) is 11.3 Å². The van der Waals surface area contributed by atoms with Crippen molar-refractivity contribution in [3.63, 3.8) is 0 Å². The highest BCUT2D eigenvalue weighted by Crippen LogP contribution is 2.29. The van der Waals surface area contributed by atoms with E-state index in [1.54, 1.807) is 19.1 Å². The molecule has 0 radical (unpaired) electrons. The Bertz CT molecular complexity index is 999. The first-order chi connectivity index (χ1) is 11.3. The van der Waals surface area contributed by atoms with Crippen molar-refractivity contribution in [3.05, 3.63) is 54.9 Å². The molecule has 2 aromatic rings. The van der Waals surface area contributed by atoms with Gasteiger partial charge in [0, 0.05) is 6.54 Å². The molecule has 0 saturated carbocycles. The topological polar surface area (TPSA) is 69.6 Å². The lowest BCUT2D eigenvalue weighted by atomic mass is 10.1. The summed E-state index contributed by atoms with van der Waals surface area (Å²) in [6.07, 6.45) is -2.98. The number of aromatic nitrogens is 1. The Balaban J connectivity index is 2.65. The number of rotatable bonds is 2. The number of halogens is 3. The molecule has 4 nitrogen and oxygen atoms in total. The van der Waals surface area contributed by atoms with Gasteiger partial charge in [-0.25, -0.2) is 0 Å². The molecule has 0 fully saturated rings. The van der Waals surface area contributed by atoms with Crippen molar-refractivity contribution in [1.82, 2.24) is 4.57 Å². The molecule has 0 atom stereocenters. The number of hydrogen-bond acceptors (Lipinski definition) is 4. The third-order valence-corrected chi connectivity index (χ3v) is 4.33. The zero-order valence-corrected chi connectivity index (χ0v) is 13.2. The molecule has 0 unspecified atom stereocenters. The lowest BCUT2D eigenvalue weighted by Crippen LogP contribution is -2.31. The SMILES string of the molecule is CCn1c(=C(C#N)C#N)s/c(=C/c2ccc(C(F)(F)F)cc2)c1=O. The number of thiazole rings is 1. The van der Waals surface area contributed by atoms with E-state index in [1.165, 1.54) is 22.8 Å². The van der Waals surface area contributed by atoms with Gasteiger partial charge in [-0.05, 0) is 30.7 Å². The number of alkyl halides is 3. The number of nitrogens with zero attached hydrogens (tertiary/aromatic N) is 3. The Labute approximate surface area is 138 Å². The lowest BCUT2D eigenvalue weighted by molar-refractivity contribution is -0.137. The summed E-state index contributed by atoms with van der Waals surface area (Å²) in [6, 6.07) is 7.86. The second-order valence-electron chi connectivity index (χ2n) is 4.68. The van der Waals surface area contributed by atoms with Gasteiger partial charge in [0.1, 0.15) is 16.8 Å². The maximum atomic E-state index is 12.6. The summed E-state index contributed by atoms with van der Waals surface area (Å²) >= 11 is 0.963. The van der Waals surface area contributed by atoms with E-state index in [4.69, 9.17) is 10.5 Å². The summed E-state index contributed by atoms with van der Waals surface area (Å²) < 4.78 is 39.4. The largest absolute Gasteiger partial charge is 0.416 e. The van der Waals surface area contributed by atoms with E-state index < -0.39 is 11.7 Å². The molecule has 2 rings (SSSR count). The predicted molar refractivity (Wildman–Crippen MR) is 83.1 cm³/mol. The van der Waals surface area contributed by atoms with Crippen LogP contribution in [0.4, 0.5) is 13.2 Å². The van der Waals surface area contributed by atoms with Gasteiger partial charge in [-0.2, -0.15) is 23.7 Å². The molecule has 0 aliphatic carbocycles. The fourth-order valence-corrected chi connectivity index (χ4v) is 3.15. The van der Waals surface area contributed by atoms with Crippen molar-refractivity contribution in [2.24, 2.45) is 0 Å². The van der Waals surface area contributed by atoms with Crippen LogP contribution < -0.4 is 14.8 Å². The Morgan fingerprint density at radius 1 is 1.25 bits per heavy atom. The minimum Gasteiger partial charge on any atom is -0.298 e. The normalized spacial score (nSPS) is 11.8. The van der Waals surface area contributed by atoms with Gasteiger partial charge < -0.3 is 0 Å². The summed E-state index contributed by atoms with van der Waals surface area (Å²) in [5.74, 6) is 0. The molecule has 0 amide bonds. The van der Waals surface area contributed by atoms with Gasteiger partial charge in [0.15, 0.2) is 5.57 Å². The van der Waals surface area contributed by atoms with Crippen LogP contribution >= 0.6 is 11.3 Å². The molecule has 1 aromatic carbocycles. The molecular formula is C16H10F3N3OS. The second-order valence-corrected chi connectivity index (χ2v) is 5.71. The van der Waals surface area contributed by atoms with E-state index in [9.17, 15) is 18.0 Å². The maximum Gasteiger partial charge on any atom is 0.416 e. The fourth-order valence-electron chi connectivity index (χ4n) is 2.03. The Kier molecular flexibility index (Phi) is 4.91. The Hall–Kier alpha value is -2.84. The van der Waals surface area contributed by atoms with Gasteiger partial charge in [0.2, 0.25) is 0 Å². The van der Waals surface area contributed by atoms with Crippen molar-refractivity contribution in [2.45, 2.75) is 19.6 Å². The average molecular weight is 349 g/mol. The summed E-state index contributed by atoms with van der Waals surface area (Å²) in [5.41, 5.74) is -0.917. The monoisotopic (exact) mass is 349 g/mol. The number of nitriles is 2. The second kappa shape index (κ2) is 6.73. The van der Waals surface area contributed by atoms with Gasteiger partial charge >= 0.3 is 6.18 Å². The number of hydrogen-bond donors (Lipinski definition) is 0. The molecule has 0 N–H and O–H groups in total. The van der Waals surface area contributed by atoms with E-state index in [0.717, 1.165) is 23.5 Å². The van der Waals surface area contributed by atoms with Crippen LogP contribution in [0.5, 0.6) is 0 Å². The highest BCUT2D eigenvalue weighted by Gasteiger charge is 2.29. The zero-order valence-electron chi connectivity index (χ0n) is 12.4. The van der Waals surface area contributed by atoms with Gasteiger partial charge in [0.05, 0.1) is 10.1 Å². The Morgan fingerprint density at radius 2 is 1.83 bits per heavy atom. The first-order valence-electron chi connectivity index (χ1n) is 6.75. The molecule has 24 heavy (non-hydrogen) atoms.